The summed E-state index contributed by atoms with van der Waals surface area (Å²) >= 11 is 5.97. The van der Waals surface area contributed by atoms with Crippen molar-refractivity contribution in [2.45, 2.75) is 26.8 Å². The lowest BCUT2D eigenvalue weighted by Crippen LogP contribution is -2.17. The van der Waals surface area contributed by atoms with E-state index >= 15 is 0 Å². The molecular formula is C15H18ClN3. The third-order valence-electron chi connectivity index (χ3n) is 2.94. The summed E-state index contributed by atoms with van der Waals surface area (Å²) in [5.41, 5.74) is 1.24. The SMILES string of the molecule is Cc1nc(Cl)cc(NC(c2ccccc2)C(C)C)n1. The summed E-state index contributed by atoms with van der Waals surface area (Å²) in [6.45, 7) is 6.20. The van der Waals surface area contributed by atoms with Gasteiger partial charge in [-0.05, 0) is 18.4 Å². The van der Waals surface area contributed by atoms with Gasteiger partial charge in [-0.25, -0.2) is 9.97 Å². The van der Waals surface area contributed by atoms with Crippen LogP contribution in [0, 0.1) is 12.8 Å². The van der Waals surface area contributed by atoms with E-state index in [0.717, 1.165) is 5.82 Å². The van der Waals surface area contributed by atoms with E-state index in [1.807, 2.05) is 25.1 Å². The summed E-state index contributed by atoms with van der Waals surface area (Å²) in [7, 11) is 0. The smallest absolute Gasteiger partial charge is 0.134 e. The van der Waals surface area contributed by atoms with Crippen molar-refractivity contribution in [1.29, 1.82) is 0 Å². The number of hydrogen-bond donors (Lipinski definition) is 1. The molecule has 1 unspecified atom stereocenters. The highest BCUT2D eigenvalue weighted by Gasteiger charge is 2.16. The fourth-order valence-corrected chi connectivity index (χ4v) is 2.29. The molecule has 1 heterocycles. The van der Waals surface area contributed by atoms with Gasteiger partial charge in [-0.3, -0.25) is 0 Å². The highest BCUT2D eigenvalue weighted by molar-refractivity contribution is 6.29. The average molecular weight is 276 g/mol. The number of hydrogen-bond acceptors (Lipinski definition) is 3. The maximum atomic E-state index is 5.97. The number of benzene rings is 1. The number of nitrogens with one attached hydrogen (secondary N) is 1. The second-order valence-electron chi connectivity index (χ2n) is 4.90. The highest BCUT2D eigenvalue weighted by atomic mass is 35.5. The van der Waals surface area contributed by atoms with Crippen molar-refractivity contribution >= 4 is 17.4 Å². The van der Waals surface area contributed by atoms with Gasteiger partial charge in [0.05, 0.1) is 6.04 Å². The van der Waals surface area contributed by atoms with Gasteiger partial charge >= 0.3 is 0 Å². The lowest BCUT2D eigenvalue weighted by molar-refractivity contribution is 0.544. The first-order valence-electron chi connectivity index (χ1n) is 6.39. The van der Waals surface area contributed by atoms with Crippen LogP contribution in [0.5, 0.6) is 0 Å². The minimum atomic E-state index is 0.201. The summed E-state index contributed by atoms with van der Waals surface area (Å²) in [5.74, 6) is 1.88. The van der Waals surface area contributed by atoms with Crippen molar-refractivity contribution in [3.8, 4) is 0 Å². The number of aromatic nitrogens is 2. The van der Waals surface area contributed by atoms with Crippen molar-refractivity contribution in [2.75, 3.05) is 5.32 Å². The molecule has 0 aliphatic heterocycles. The van der Waals surface area contributed by atoms with Gasteiger partial charge in [-0.2, -0.15) is 0 Å². The molecule has 0 spiro atoms. The Morgan fingerprint density at radius 3 is 2.37 bits per heavy atom. The lowest BCUT2D eigenvalue weighted by Gasteiger charge is -2.23. The second-order valence-corrected chi connectivity index (χ2v) is 5.29. The van der Waals surface area contributed by atoms with Crippen LogP contribution in [0.25, 0.3) is 0 Å². The number of rotatable bonds is 4. The number of anilines is 1. The Labute approximate surface area is 119 Å². The standard InChI is InChI=1S/C15H18ClN3/c1-10(2)15(12-7-5-4-6-8-12)19-14-9-13(16)17-11(3)18-14/h4-10,15H,1-3H3,(H,17,18,19). The minimum Gasteiger partial charge on any atom is -0.363 e. The van der Waals surface area contributed by atoms with Crippen LogP contribution in [-0.4, -0.2) is 9.97 Å². The van der Waals surface area contributed by atoms with Crippen LogP contribution in [0.1, 0.15) is 31.3 Å². The Morgan fingerprint density at radius 2 is 1.79 bits per heavy atom. The predicted molar refractivity (Wildman–Crippen MR) is 79.4 cm³/mol. The van der Waals surface area contributed by atoms with Crippen molar-refractivity contribution in [1.82, 2.24) is 9.97 Å². The van der Waals surface area contributed by atoms with Gasteiger partial charge < -0.3 is 5.32 Å². The molecule has 1 N–H and O–H groups in total. The highest BCUT2D eigenvalue weighted by Crippen LogP contribution is 2.26. The van der Waals surface area contributed by atoms with Gasteiger partial charge in [0.1, 0.15) is 16.8 Å². The fraction of sp³-hybridized carbons (Fsp3) is 0.333. The quantitative estimate of drug-likeness (QED) is 0.848. The zero-order valence-electron chi connectivity index (χ0n) is 11.4. The van der Waals surface area contributed by atoms with E-state index in [2.05, 4.69) is 41.3 Å². The molecule has 1 aromatic carbocycles. The van der Waals surface area contributed by atoms with E-state index in [0.29, 0.717) is 16.9 Å². The Hall–Kier alpha value is -1.61. The van der Waals surface area contributed by atoms with Gasteiger partial charge in [0.15, 0.2) is 0 Å². The van der Waals surface area contributed by atoms with E-state index in [4.69, 9.17) is 11.6 Å². The molecule has 0 bridgehead atoms. The van der Waals surface area contributed by atoms with Crippen LogP contribution >= 0.6 is 11.6 Å². The maximum absolute atomic E-state index is 5.97. The van der Waals surface area contributed by atoms with Crippen LogP contribution in [-0.2, 0) is 0 Å². The average Bonchev–Trinajstić information content (AvgIpc) is 2.35. The van der Waals surface area contributed by atoms with Gasteiger partial charge in [-0.1, -0.05) is 55.8 Å². The van der Waals surface area contributed by atoms with Gasteiger partial charge in [0.2, 0.25) is 0 Å². The topological polar surface area (TPSA) is 37.8 Å². The first-order chi connectivity index (χ1) is 9.06. The molecule has 4 heteroatoms. The third-order valence-corrected chi connectivity index (χ3v) is 3.13. The predicted octanol–water partition coefficient (Wildman–Crippen LogP) is 4.25. The lowest BCUT2D eigenvalue weighted by atomic mass is 9.96. The molecule has 0 radical (unpaired) electrons. The number of halogens is 1. The molecule has 2 aromatic rings. The van der Waals surface area contributed by atoms with E-state index in [1.165, 1.54) is 5.56 Å². The van der Waals surface area contributed by atoms with E-state index in [9.17, 15) is 0 Å². The summed E-state index contributed by atoms with van der Waals surface area (Å²) in [6, 6.07) is 12.3. The fourth-order valence-electron chi connectivity index (χ4n) is 2.06. The van der Waals surface area contributed by atoms with Crippen LogP contribution < -0.4 is 5.32 Å². The number of aryl methyl sites for hydroxylation is 1. The zero-order valence-corrected chi connectivity index (χ0v) is 12.1. The molecule has 0 saturated heterocycles. The zero-order chi connectivity index (χ0) is 13.8. The Balaban J connectivity index is 2.27. The van der Waals surface area contributed by atoms with Crippen LogP contribution in [0.15, 0.2) is 36.4 Å². The molecule has 0 aliphatic carbocycles. The summed E-state index contributed by atoms with van der Waals surface area (Å²) in [5, 5.41) is 3.90. The van der Waals surface area contributed by atoms with Crippen LogP contribution in [0.2, 0.25) is 5.15 Å². The van der Waals surface area contributed by atoms with E-state index < -0.39 is 0 Å². The molecule has 0 fully saturated rings. The first kappa shape index (κ1) is 13.8. The summed E-state index contributed by atoms with van der Waals surface area (Å²) in [4.78, 5) is 8.45. The largest absolute Gasteiger partial charge is 0.363 e. The Bertz CT molecular complexity index is 520. The molecule has 1 atom stereocenters. The molecule has 1 aromatic heterocycles. The van der Waals surface area contributed by atoms with E-state index in [-0.39, 0.29) is 6.04 Å². The Kier molecular flexibility index (Phi) is 4.38. The normalized spacial score (nSPS) is 12.5. The molecule has 100 valence electrons. The second kappa shape index (κ2) is 6.02. The van der Waals surface area contributed by atoms with Crippen LogP contribution in [0.3, 0.4) is 0 Å². The molecule has 19 heavy (non-hydrogen) atoms. The van der Waals surface area contributed by atoms with Crippen molar-refractivity contribution < 1.29 is 0 Å². The van der Waals surface area contributed by atoms with Crippen LogP contribution in [0.4, 0.5) is 5.82 Å². The molecular weight excluding hydrogens is 258 g/mol. The monoisotopic (exact) mass is 275 g/mol. The van der Waals surface area contributed by atoms with Crippen molar-refractivity contribution in [2.24, 2.45) is 5.92 Å². The molecule has 0 saturated carbocycles. The first-order valence-corrected chi connectivity index (χ1v) is 6.76. The van der Waals surface area contributed by atoms with Crippen molar-refractivity contribution in [3.63, 3.8) is 0 Å². The molecule has 0 aliphatic rings. The van der Waals surface area contributed by atoms with Gasteiger partial charge in [0.25, 0.3) is 0 Å². The molecule has 2 rings (SSSR count). The summed E-state index contributed by atoms with van der Waals surface area (Å²) in [6.07, 6.45) is 0. The van der Waals surface area contributed by atoms with Crippen molar-refractivity contribution in [3.05, 3.63) is 52.9 Å². The molecule has 3 nitrogen and oxygen atoms in total. The summed E-state index contributed by atoms with van der Waals surface area (Å²) < 4.78 is 0. The number of nitrogens with zero attached hydrogens (tertiary/aromatic N) is 2. The van der Waals surface area contributed by atoms with E-state index in [1.54, 1.807) is 6.07 Å². The van der Waals surface area contributed by atoms with Gasteiger partial charge in [-0.15, -0.1) is 0 Å². The maximum Gasteiger partial charge on any atom is 0.134 e. The minimum absolute atomic E-state index is 0.201. The third kappa shape index (κ3) is 3.67. The molecule has 0 amide bonds. The van der Waals surface area contributed by atoms with Gasteiger partial charge in [0, 0.05) is 6.07 Å². The Morgan fingerprint density at radius 1 is 1.11 bits per heavy atom.